The number of hydrogen-bond donors (Lipinski definition) is 1. The van der Waals surface area contributed by atoms with E-state index in [9.17, 15) is 9.50 Å². The molecule has 0 aliphatic carbocycles. The Kier molecular flexibility index (Phi) is 4.26. The van der Waals surface area contributed by atoms with Gasteiger partial charge in [-0.1, -0.05) is 29.8 Å². The van der Waals surface area contributed by atoms with Gasteiger partial charge in [0.25, 0.3) is 0 Å². The Morgan fingerprint density at radius 1 is 1.27 bits per heavy atom. The molecule has 0 amide bonds. The van der Waals surface area contributed by atoms with E-state index in [1.54, 1.807) is 0 Å². The van der Waals surface area contributed by atoms with Crippen molar-refractivity contribution in [1.82, 2.24) is 4.57 Å². The molecule has 1 aliphatic heterocycles. The molecule has 0 fully saturated rings. The molecule has 26 heavy (non-hydrogen) atoms. The van der Waals surface area contributed by atoms with E-state index in [1.165, 1.54) is 34.1 Å². The minimum Gasteiger partial charge on any atom is -0.493 e. The molecular weight excluding hydrogens is 391 g/mol. The number of hydrogen-bond acceptors (Lipinski definition) is 4. The van der Waals surface area contributed by atoms with Gasteiger partial charge >= 0.3 is 0 Å². The van der Waals surface area contributed by atoms with E-state index >= 15 is 0 Å². The van der Waals surface area contributed by atoms with Crippen LogP contribution in [-0.2, 0) is 0 Å². The lowest BCUT2D eigenvalue weighted by Crippen LogP contribution is -1.94. The second-order valence-corrected chi connectivity index (χ2v) is 7.84. The van der Waals surface area contributed by atoms with Crippen molar-refractivity contribution < 1.29 is 9.50 Å². The highest BCUT2D eigenvalue weighted by atomic mass is 35.5. The van der Waals surface area contributed by atoms with Crippen LogP contribution in [0.25, 0.3) is 17.3 Å². The van der Waals surface area contributed by atoms with Crippen molar-refractivity contribution in [1.29, 1.82) is 0 Å². The lowest BCUT2D eigenvalue weighted by Gasteiger charge is -2.06. The van der Waals surface area contributed by atoms with Gasteiger partial charge in [0.15, 0.2) is 3.95 Å². The molecule has 3 nitrogen and oxygen atoms in total. The van der Waals surface area contributed by atoms with Crippen LogP contribution in [0.4, 0.5) is 10.1 Å². The van der Waals surface area contributed by atoms with Crippen LogP contribution in [0.1, 0.15) is 17.4 Å². The third-order valence-corrected chi connectivity index (χ3v) is 5.72. The molecule has 3 aromatic rings. The van der Waals surface area contributed by atoms with Crippen molar-refractivity contribution in [3.05, 3.63) is 67.7 Å². The predicted molar refractivity (Wildman–Crippen MR) is 108 cm³/mol. The van der Waals surface area contributed by atoms with E-state index in [-0.39, 0.29) is 10.9 Å². The van der Waals surface area contributed by atoms with Crippen LogP contribution in [0.5, 0.6) is 5.88 Å². The number of para-hydroxylation sites is 1. The van der Waals surface area contributed by atoms with Crippen molar-refractivity contribution in [3.8, 4) is 11.6 Å². The molecule has 0 atom stereocenters. The van der Waals surface area contributed by atoms with Crippen LogP contribution in [0, 0.1) is 9.77 Å². The number of nitrogens with zero attached hydrogens (tertiary/aromatic N) is 2. The van der Waals surface area contributed by atoms with Crippen LogP contribution >= 0.6 is 35.2 Å². The molecule has 0 bridgehead atoms. The monoisotopic (exact) mass is 402 g/mol. The van der Waals surface area contributed by atoms with Crippen LogP contribution < -0.4 is 0 Å². The van der Waals surface area contributed by atoms with Gasteiger partial charge in [-0.25, -0.2) is 4.39 Å². The molecular formula is C19H12ClFN2OS2. The third-order valence-electron chi connectivity index (χ3n) is 4.12. The van der Waals surface area contributed by atoms with E-state index in [2.05, 4.69) is 4.99 Å². The van der Waals surface area contributed by atoms with Gasteiger partial charge in [0.1, 0.15) is 5.82 Å². The van der Waals surface area contributed by atoms with Gasteiger partial charge < -0.3 is 5.11 Å². The number of fused-ring (bicyclic) bond motifs is 1. The molecule has 0 saturated carbocycles. The van der Waals surface area contributed by atoms with Gasteiger partial charge in [0.05, 0.1) is 21.3 Å². The summed E-state index contributed by atoms with van der Waals surface area (Å²) >= 11 is 12.5. The minimum absolute atomic E-state index is 0.00708. The zero-order chi connectivity index (χ0) is 18.4. The molecule has 2 aromatic carbocycles. The highest BCUT2D eigenvalue weighted by Gasteiger charge is 2.20. The highest BCUT2D eigenvalue weighted by Crippen LogP contribution is 2.39. The maximum atomic E-state index is 13.4. The van der Waals surface area contributed by atoms with Gasteiger partial charge in [0.2, 0.25) is 5.88 Å². The second-order valence-electron chi connectivity index (χ2n) is 5.76. The standard InChI is InChI=1S/C19H12ClFN2OS2/c1-10-13(12-4-2-3-5-16(12)22-10)9-17-18(24)23(19(25)26-17)11-6-7-15(21)14(20)8-11/h2-9,24H,1H3. The topological polar surface area (TPSA) is 37.5 Å². The van der Waals surface area contributed by atoms with E-state index in [0.717, 1.165) is 22.5 Å². The molecule has 4 rings (SSSR count). The predicted octanol–water partition coefficient (Wildman–Crippen LogP) is 6.41. The van der Waals surface area contributed by atoms with Crippen molar-refractivity contribution >= 4 is 58.2 Å². The van der Waals surface area contributed by atoms with Crippen molar-refractivity contribution in [2.45, 2.75) is 6.92 Å². The fourth-order valence-corrected chi connectivity index (χ4v) is 4.34. The van der Waals surface area contributed by atoms with Crippen LogP contribution in [-0.4, -0.2) is 15.4 Å². The molecule has 130 valence electrons. The van der Waals surface area contributed by atoms with Gasteiger partial charge in [-0.2, -0.15) is 0 Å². The third kappa shape index (κ3) is 2.80. The quantitative estimate of drug-likeness (QED) is 0.502. The summed E-state index contributed by atoms with van der Waals surface area (Å²) in [5.41, 5.74) is 4.25. The molecule has 1 aromatic heterocycles. The van der Waals surface area contributed by atoms with Crippen molar-refractivity contribution in [2.24, 2.45) is 4.99 Å². The number of halogens is 2. The van der Waals surface area contributed by atoms with Gasteiger partial charge in [-0.05, 0) is 49.5 Å². The molecule has 0 spiro atoms. The molecule has 1 N–H and O–H groups in total. The van der Waals surface area contributed by atoms with Crippen LogP contribution in [0.3, 0.4) is 0 Å². The summed E-state index contributed by atoms with van der Waals surface area (Å²) in [6, 6.07) is 12.1. The van der Waals surface area contributed by atoms with E-state index < -0.39 is 5.82 Å². The zero-order valence-electron chi connectivity index (χ0n) is 13.5. The smallest absolute Gasteiger partial charge is 0.215 e. The zero-order valence-corrected chi connectivity index (χ0v) is 15.9. The maximum Gasteiger partial charge on any atom is 0.215 e. The number of aromatic hydroxyl groups is 1. The number of rotatable bonds is 2. The number of aliphatic imine (C=N–C) groups is 1. The van der Waals surface area contributed by atoms with Crippen molar-refractivity contribution in [3.63, 3.8) is 0 Å². The molecule has 2 heterocycles. The van der Waals surface area contributed by atoms with Crippen molar-refractivity contribution in [2.75, 3.05) is 0 Å². The van der Waals surface area contributed by atoms with Gasteiger partial charge in [-0.15, -0.1) is 11.3 Å². The molecule has 1 aliphatic rings. The maximum absolute atomic E-state index is 13.4. The number of thiazole rings is 1. The van der Waals surface area contributed by atoms with Gasteiger partial charge in [0, 0.05) is 16.8 Å². The van der Waals surface area contributed by atoms with Crippen LogP contribution in [0.15, 0.2) is 47.5 Å². The molecule has 0 unspecified atom stereocenters. The summed E-state index contributed by atoms with van der Waals surface area (Å²) in [5, 5.41) is 10.7. The number of allylic oxidation sites excluding steroid dienone is 1. The normalized spacial score (nSPS) is 14.6. The SMILES string of the molecule is CC1=Nc2ccccc2C1=Cc1sc(=S)n(-c2ccc(F)c(Cl)c2)c1O. The fourth-order valence-electron chi connectivity index (χ4n) is 2.88. The first-order valence-corrected chi connectivity index (χ1v) is 9.33. The first-order chi connectivity index (χ1) is 12.5. The summed E-state index contributed by atoms with van der Waals surface area (Å²) in [7, 11) is 0. The fraction of sp³-hybridized carbons (Fsp3) is 0.0526. The van der Waals surface area contributed by atoms with E-state index in [4.69, 9.17) is 23.8 Å². The number of benzene rings is 2. The Balaban J connectivity index is 1.85. The summed E-state index contributed by atoms with van der Waals surface area (Å²) in [4.78, 5) is 5.16. The first-order valence-electron chi connectivity index (χ1n) is 7.72. The Morgan fingerprint density at radius 3 is 2.81 bits per heavy atom. The first kappa shape index (κ1) is 17.1. The Hall–Kier alpha value is -2.28. The summed E-state index contributed by atoms with van der Waals surface area (Å²) in [6.07, 6.45) is 1.88. The summed E-state index contributed by atoms with van der Waals surface area (Å²) < 4.78 is 15.3. The summed E-state index contributed by atoms with van der Waals surface area (Å²) in [6.45, 7) is 1.93. The Morgan fingerprint density at radius 2 is 2.04 bits per heavy atom. The lowest BCUT2D eigenvalue weighted by atomic mass is 10.0. The van der Waals surface area contributed by atoms with Gasteiger partial charge in [-0.3, -0.25) is 9.56 Å². The van der Waals surface area contributed by atoms with E-state index in [0.29, 0.717) is 14.5 Å². The average molecular weight is 403 g/mol. The van der Waals surface area contributed by atoms with Crippen LogP contribution in [0.2, 0.25) is 5.02 Å². The molecule has 7 heteroatoms. The van der Waals surface area contributed by atoms with E-state index in [1.807, 2.05) is 37.3 Å². The number of aromatic nitrogens is 1. The Bertz CT molecular complexity index is 1160. The molecule has 0 radical (unpaired) electrons. The minimum atomic E-state index is -0.520. The lowest BCUT2D eigenvalue weighted by molar-refractivity contribution is 0.441. The molecule has 0 saturated heterocycles. The summed E-state index contributed by atoms with van der Waals surface area (Å²) in [5.74, 6) is -0.527. The Labute approximate surface area is 163 Å². The highest BCUT2D eigenvalue weighted by molar-refractivity contribution is 7.73. The average Bonchev–Trinajstić information content (AvgIpc) is 3.07. The second kappa shape index (κ2) is 6.46. The largest absolute Gasteiger partial charge is 0.493 e.